The molecule has 2 nitrogen and oxygen atoms in total. The molecule has 64 valence electrons. The first-order valence-electron chi connectivity index (χ1n) is 3.95. The zero-order valence-corrected chi connectivity index (χ0v) is 7.26. The number of hydrogen-bond donors (Lipinski definition) is 1. The maximum Gasteiger partial charge on any atom is 0.130 e. The van der Waals surface area contributed by atoms with Gasteiger partial charge in [0.1, 0.15) is 5.78 Å². The molecule has 0 bridgehead atoms. The van der Waals surface area contributed by atoms with Crippen molar-refractivity contribution in [2.45, 2.75) is 33.1 Å². The summed E-state index contributed by atoms with van der Waals surface area (Å²) in [5, 5.41) is 8.61. The highest BCUT2D eigenvalue weighted by Gasteiger charge is 1.97. The Bertz CT molecular complexity index is 148. The molecule has 0 spiro atoms. The van der Waals surface area contributed by atoms with Crippen LogP contribution in [0.1, 0.15) is 33.1 Å². The highest BCUT2D eigenvalue weighted by atomic mass is 16.2. The van der Waals surface area contributed by atoms with E-state index in [0.29, 0.717) is 12.8 Å². The van der Waals surface area contributed by atoms with Gasteiger partial charge >= 0.3 is 0 Å². The molecule has 0 heterocycles. The minimum atomic E-state index is 0.178. The van der Waals surface area contributed by atoms with E-state index in [1.165, 1.54) is 5.57 Å². The molecule has 0 aromatic carbocycles. The van der Waals surface area contributed by atoms with Crippen molar-refractivity contribution < 1.29 is 9.90 Å². The topological polar surface area (TPSA) is 37.3 Å². The zero-order chi connectivity index (χ0) is 8.69. The van der Waals surface area contributed by atoms with E-state index >= 15 is 0 Å². The van der Waals surface area contributed by atoms with Gasteiger partial charge in [-0.05, 0) is 26.7 Å². The van der Waals surface area contributed by atoms with Crippen molar-refractivity contribution in [3.63, 3.8) is 0 Å². The fourth-order valence-corrected chi connectivity index (χ4v) is 0.894. The van der Waals surface area contributed by atoms with E-state index in [1.54, 1.807) is 6.92 Å². The minimum Gasteiger partial charge on any atom is -0.396 e. The van der Waals surface area contributed by atoms with Gasteiger partial charge in [-0.1, -0.05) is 11.6 Å². The van der Waals surface area contributed by atoms with Gasteiger partial charge in [-0.3, -0.25) is 0 Å². The molecule has 0 rings (SSSR count). The van der Waals surface area contributed by atoms with Gasteiger partial charge in [0.15, 0.2) is 0 Å². The van der Waals surface area contributed by atoms with Gasteiger partial charge in [-0.2, -0.15) is 0 Å². The summed E-state index contributed by atoms with van der Waals surface area (Å²) in [6.07, 6.45) is 4.06. The lowest BCUT2D eigenvalue weighted by Gasteiger charge is -2.01. The SMILES string of the molecule is C/C=C(\CCO)CCC(C)=O. The second-order valence-corrected chi connectivity index (χ2v) is 2.62. The molecule has 0 amide bonds. The van der Waals surface area contributed by atoms with Crippen LogP contribution in [0.25, 0.3) is 0 Å². The standard InChI is InChI=1S/C9H16O2/c1-3-9(6-7-10)5-4-8(2)11/h3,10H,4-7H2,1-2H3/b9-3-. The van der Waals surface area contributed by atoms with Crippen LogP contribution >= 0.6 is 0 Å². The Balaban J connectivity index is 3.62. The first-order chi connectivity index (χ1) is 5.20. The molecule has 0 fully saturated rings. The van der Waals surface area contributed by atoms with Crippen molar-refractivity contribution in [2.75, 3.05) is 6.61 Å². The van der Waals surface area contributed by atoms with Gasteiger partial charge in [0.2, 0.25) is 0 Å². The Hall–Kier alpha value is -0.630. The number of aliphatic hydroxyl groups excluding tert-OH is 1. The molecule has 0 atom stereocenters. The molecule has 0 aromatic heterocycles. The van der Waals surface area contributed by atoms with Crippen LogP contribution in [0.5, 0.6) is 0 Å². The van der Waals surface area contributed by atoms with E-state index in [9.17, 15) is 4.79 Å². The van der Waals surface area contributed by atoms with Gasteiger partial charge in [-0.15, -0.1) is 0 Å². The van der Waals surface area contributed by atoms with E-state index in [-0.39, 0.29) is 12.4 Å². The van der Waals surface area contributed by atoms with E-state index < -0.39 is 0 Å². The van der Waals surface area contributed by atoms with E-state index in [1.807, 2.05) is 13.0 Å². The van der Waals surface area contributed by atoms with Crippen molar-refractivity contribution in [2.24, 2.45) is 0 Å². The maximum absolute atomic E-state index is 10.6. The lowest BCUT2D eigenvalue weighted by molar-refractivity contribution is -0.116. The Kier molecular flexibility index (Phi) is 5.75. The maximum atomic E-state index is 10.6. The first-order valence-corrected chi connectivity index (χ1v) is 3.95. The predicted molar refractivity (Wildman–Crippen MR) is 45.4 cm³/mol. The van der Waals surface area contributed by atoms with Crippen LogP contribution in [-0.4, -0.2) is 17.5 Å². The van der Waals surface area contributed by atoms with Crippen molar-refractivity contribution in [1.29, 1.82) is 0 Å². The molecular formula is C9H16O2. The van der Waals surface area contributed by atoms with E-state index in [2.05, 4.69) is 0 Å². The summed E-state index contributed by atoms with van der Waals surface area (Å²) in [5.74, 6) is 0.210. The van der Waals surface area contributed by atoms with Crippen LogP contribution in [0.2, 0.25) is 0 Å². The van der Waals surface area contributed by atoms with Crippen molar-refractivity contribution >= 4 is 5.78 Å². The third kappa shape index (κ3) is 5.80. The zero-order valence-electron chi connectivity index (χ0n) is 7.26. The summed E-state index contributed by atoms with van der Waals surface area (Å²) in [4.78, 5) is 10.6. The second-order valence-electron chi connectivity index (χ2n) is 2.62. The normalized spacial score (nSPS) is 11.7. The summed E-state index contributed by atoms with van der Waals surface area (Å²) in [5.41, 5.74) is 1.17. The second kappa shape index (κ2) is 6.10. The van der Waals surface area contributed by atoms with Crippen LogP contribution in [0.3, 0.4) is 0 Å². The molecule has 2 heteroatoms. The third-order valence-electron chi connectivity index (χ3n) is 1.64. The first kappa shape index (κ1) is 10.4. The van der Waals surface area contributed by atoms with Gasteiger partial charge < -0.3 is 9.90 Å². The molecule has 0 aliphatic carbocycles. The number of Topliss-reactive ketones (excluding diaryl/α,β-unsaturated/α-hetero) is 1. The van der Waals surface area contributed by atoms with Crippen molar-refractivity contribution in [3.05, 3.63) is 11.6 Å². The molecule has 0 aromatic rings. The van der Waals surface area contributed by atoms with Gasteiger partial charge in [0, 0.05) is 13.0 Å². The molecule has 0 radical (unpaired) electrons. The molecule has 0 aliphatic heterocycles. The number of aliphatic hydroxyl groups is 1. The summed E-state index contributed by atoms with van der Waals surface area (Å²) >= 11 is 0. The van der Waals surface area contributed by atoms with Crippen molar-refractivity contribution in [1.82, 2.24) is 0 Å². The van der Waals surface area contributed by atoms with Gasteiger partial charge in [0.05, 0.1) is 0 Å². The Morgan fingerprint density at radius 3 is 2.36 bits per heavy atom. The predicted octanol–water partition coefficient (Wildman–Crippen LogP) is 1.68. The molecule has 0 saturated carbocycles. The summed E-state index contributed by atoms with van der Waals surface area (Å²) < 4.78 is 0. The van der Waals surface area contributed by atoms with Crippen LogP contribution in [0.15, 0.2) is 11.6 Å². The average Bonchev–Trinajstić information content (AvgIpc) is 1.97. The Labute approximate surface area is 67.9 Å². The monoisotopic (exact) mass is 156 g/mol. The molecule has 11 heavy (non-hydrogen) atoms. The summed E-state index contributed by atoms with van der Waals surface area (Å²) in [6, 6.07) is 0. The largest absolute Gasteiger partial charge is 0.396 e. The third-order valence-corrected chi connectivity index (χ3v) is 1.64. The molecule has 0 unspecified atom stereocenters. The smallest absolute Gasteiger partial charge is 0.130 e. The number of ketones is 1. The van der Waals surface area contributed by atoms with Crippen LogP contribution in [-0.2, 0) is 4.79 Å². The highest BCUT2D eigenvalue weighted by Crippen LogP contribution is 2.08. The number of allylic oxidation sites excluding steroid dienone is 1. The molecule has 0 saturated heterocycles. The molecule has 0 aliphatic rings. The van der Waals surface area contributed by atoms with E-state index in [0.717, 1.165) is 6.42 Å². The number of carbonyl (C=O) groups is 1. The fraction of sp³-hybridized carbons (Fsp3) is 0.667. The van der Waals surface area contributed by atoms with Crippen LogP contribution in [0.4, 0.5) is 0 Å². The number of hydrogen-bond acceptors (Lipinski definition) is 2. The van der Waals surface area contributed by atoms with Gasteiger partial charge in [-0.25, -0.2) is 0 Å². The number of rotatable bonds is 5. The van der Waals surface area contributed by atoms with Crippen LogP contribution in [0, 0.1) is 0 Å². The molecular weight excluding hydrogens is 140 g/mol. The quantitative estimate of drug-likeness (QED) is 0.615. The summed E-state index contributed by atoms with van der Waals surface area (Å²) in [6.45, 7) is 3.70. The minimum absolute atomic E-state index is 0.178. The lowest BCUT2D eigenvalue weighted by atomic mass is 10.1. The fourth-order valence-electron chi connectivity index (χ4n) is 0.894. The van der Waals surface area contributed by atoms with Gasteiger partial charge in [0.25, 0.3) is 0 Å². The van der Waals surface area contributed by atoms with Crippen molar-refractivity contribution in [3.8, 4) is 0 Å². The average molecular weight is 156 g/mol. The Morgan fingerprint density at radius 2 is 2.00 bits per heavy atom. The Morgan fingerprint density at radius 1 is 1.36 bits per heavy atom. The number of carbonyl (C=O) groups excluding carboxylic acids is 1. The van der Waals surface area contributed by atoms with Crippen LogP contribution < -0.4 is 0 Å². The highest BCUT2D eigenvalue weighted by molar-refractivity contribution is 5.75. The van der Waals surface area contributed by atoms with E-state index in [4.69, 9.17) is 5.11 Å². The lowest BCUT2D eigenvalue weighted by Crippen LogP contribution is -1.94. The summed E-state index contributed by atoms with van der Waals surface area (Å²) in [7, 11) is 0. The molecule has 1 N–H and O–H groups in total.